The second-order valence-corrected chi connectivity index (χ2v) is 4.95. The number of ether oxygens (including phenoxy) is 1. The number of hydrogen-bond acceptors (Lipinski definition) is 2. The summed E-state index contributed by atoms with van der Waals surface area (Å²) >= 11 is 5.98. The Morgan fingerprint density at radius 3 is 2.70 bits per heavy atom. The molecule has 2 nitrogen and oxygen atoms in total. The van der Waals surface area contributed by atoms with Gasteiger partial charge in [-0.1, -0.05) is 17.7 Å². The molecule has 0 saturated heterocycles. The van der Waals surface area contributed by atoms with Crippen LogP contribution in [-0.4, -0.2) is 12.9 Å². The zero-order chi connectivity index (χ0) is 14.7. The number of ketones is 1. The third kappa shape index (κ3) is 3.17. The van der Waals surface area contributed by atoms with Gasteiger partial charge in [0.1, 0.15) is 11.6 Å². The minimum Gasteiger partial charge on any atom is -0.496 e. The molecule has 0 aliphatic heterocycles. The summed E-state index contributed by atoms with van der Waals surface area (Å²) in [5.41, 5.74) is 1.94. The first-order valence-electron chi connectivity index (χ1n) is 6.13. The molecule has 0 N–H and O–H groups in total. The van der Waals surface area contributed by atoms with E-state index in [1.807, 2.05) is 13.0 Å². The van der Waals surface area contributed by atoms with Crippen molar-refractivity contribution >= 4 is 17.4 Å². The lowest BCUT2D eigenvalue weighted by Crippen LogP contribution is -2.06. The fourth-order valence-electron chi connectivity index (χ4n) is 1.98. The van der Waals surface area contributed by atoms with E-state index < -0.39 is 5.82 Å². The third-order valence-corrected chi connectivity index (χ3v) is 3.38. The van der Waals surface area contributed by atoms with Gasteiger partial charge < -0.3 is 4.74 Å². The van der Waals surface area contributed by atoms with Gasteiger partial charge in [-0.25, -0.2) is 4.39 Å². The number of halogens is 2. The zero-order valence-corrected chi connectivity index (χ0v) is 12.0. The molecule has 0 aromatic heterocycles. The lowest BCUT2D eigenvalue weighted by atomic mass is 10.0. The van der Waals surface area contributed by atoms with Gasteiger partial charge in [0, 0.05) is 11.4 Å². The molecule has 0 heterocycles. The first kappa shape index (κ1) is 14.5. The van der Waals surface area contributed by atoms with Gasteiger partial charge >= 0.3 is 0 Å². The number of hydrogen-bond donors (Lipinski definition) is 0. The maximum absolute atomic E-state index is 13.2. The first-order chi connectivity index (χ1) is 9.51. The Kier molecular flexibility index (Phi) is 4.40. The van der Waals surface area contributed by atoms with Crippen LogP contribution in [-0.2, 0) is 6.42 Å². The van der Waals surface area contributed by atoms with E-state index in [-0.39, 0.29) is 12.2 Å². The van der Waals surface area contributed by atoms with Gasteiger partial charge in [0.2, 0.25) is 0 Å². The van der Waals surface area contributed by atoms with Gasteiger partial charge in [-0.05, 0) is 48.4 Å². The van der Waals surface area contributed by atoms with Crippen LogP contribution in [0.15, 0.2) is 36.4 Å². The van der Waals surface area contributed by atoms with Crippen molar-refractivity contribution in [1.82, 2.24) is 0 Å². The molecular formula is C16H14ClFO2. The van der Waals surface area contributed by atoms with Crippen LogP contribution in [0.4, 0.5) is 4.39 Å². The Bertz CT molecular complexity index is 653. The highest BCUT2D eigenvalue weighted by Gasteiger charge is 2.15. The Hall–Kier alpha value is -1.87. The van der Waals surface area contributed by atoms with Gasteiger partial charge in [0.05, 0.1) is 12.7 Å². The number of Topliss-reactive ketones (excluding diaryl/α,β-unsaturated/α-hetero) is 1. The van der Waals surface area contributed by atoms with Crippen LogP contribution in [0, 0.1) is 12.7 Å². The molecule has 0 aliphatic rings. The highest BCUT2D eigenvalue weighted by atomic mass is 35.5. The third-order valence-electron chi connectivity index (χ3n) is 3.02. The predicted octanol–water partition coefficient (Wildman–Crippen LogP) is 4.22. The van der Waals surface area contributed by atoms with Crippen molar-refractivity contribution in [3.8, 4) is 5.75 Å². The summed E-state index contributed by atoms with van der Waals surface area (Å²) < 4.78 is 18.4. The molecule has 0 aliphatic carbocycles. The summed E-state index contributed by atoms with van der Waals surface area (Å²) in [5, 5.41) is 0.380. The molecule has 0 fully saturated rings. The summed E-state index contributed by atoms with van der Waals surface area (Å²) in [4.78, 5) is 12.3. The van der Waals surface area contributed by atoms with Crippen LogP contribution >= 0.6 is 11.6 Å². The summed E-state index contributed by atoms with van der Waals surface area (Å²) in [7, 11) is 1.51. The minimum absolute atomic E-state index is 0.0377. The molecule has 20 heavy (non-hydrogen) atoms. The molecule has 2 rings (SSSR count). The highest BCUT2D eigenvalue weighted by Crippen LogP contribution is 2.24. The number of rotatable bonds is 4. The first-order valence-corrected chi connectivity index (χ1v) is 6.51. The highest BCUT2D eigenvalue weighted by molar-refractivity contribution is 6.31. The van der Waals surface area contributed by atoms with Crippen LogP contribution < -0.4 is 4.74 Å². The van der Waals surface area contributed by atoms with Gasteiger partial charge in [0.15, 0.2) is 5.78 Å². The SMILES string of the molecule is COc1cc(C)ccc1C(=O)Cc1cc(F)ccc1Cl. The maximum Gasteiger partial charge on any atom is 0.171 e. The van der Waals surface area contributed by atoms with E-state index in [9.17, 15) is 9.18 Å². The monoisotopic (exact) mass is 292 g/mol. The molecule has 4 heteroatoms. The summed E-state index contributed by atoms with van der Waals surface area (Å²) in [6.45, 7) is 1.92. The molecule has 0 saturated carbocycles. The number of benzene rings is 2. The fraction of sp³-hybridized carbons (Fsp3) is 0.188. The summed E-state index contributed by atoms with van der Waals surface area (Å²) in [6.07, 6.45) is 0.0377. The maximum atomic E-state index is 13.2. The number of carbonyl (C=O) groups excluding carboxylic acids is 1. The molecule has 0 unspecified atom stereocenters. The standard InChI is InChI=1S/C16H14ClFO2/c1-10-3-5-13(16(7-10)20-2)15(19)9-11-8-12(18)4-6-14(11)17/h3-8H,9H2,1-2H3. The molecule has 0 amide bonds. The van der Waals surface area contributed by atoms with Gasteiger partial charge in [-0.15, -0.1) is 0 Å². The van der Waals surface area contributed by atoms with E-state index in [1.54, 1.807) is 12.1 Å². The van der Waals surface area contributed by atoms with Crippen LogP contribution in [0.25, 0.3) is 0 Å². The largest absolute Gasteiger partial charge is 0.496 e. The quantitative estimate of drug-likeness (QED) is 0.789. The molecule has 0 atom stereocenters. The normalized spacial score (nSPS) is 10.4. The second kappa shape index (κ2) is 6.06. The minimum atomic E-state index is -0.409. The van der Waals surface area contributed by atoms with Gasteiger partial charge in [0.25, 0.3) is 0 Å². The van der Waals surface area contributed by atoms with E-state index in [1.165, 1.54) is 25.3 Å². The fourth-order valence-corrected chi connectivity index (χ4v) is 2.16. The number of aryl methyl sites for hydroxylation is 1. The van der Waals surface area contributed by atoms with Crippen molar-refractivity contribution in [3.63, 3.8) is 0 Å². The zero-order valence-electron chi connectivity index (χ0n) is 11.2. The Labute approximate surface area is 122 Å². The van der Waals surface area contributed by atoms with Crippen LogP contribution in [0.3, 0.4) is 0 Å². The molecule has 104 valence electrons. The van der Waals surface area contributed by atoms with Crippen molar-refractivity contribution in [2.24, 2.45) is 0 Å². The van der Waals surface area contributed by atoms with Crippen LogP contribution in [0.1, 0.15) is 21.5 Å². The van der Waals surface area contributed by atoms with E-state index in [0.717, 1.165) is 5.56 Å². The topological polar surface area (TPSA) is 26.3 Å². The molecule has 2 aromatic rings. The van der Waals surface area contributed by atoms with Gasteiger partial charge in [-0.3, -0.25) is 4.79 Å². The van der Waals surface area contributed by atoms with Crippen molar-refractivity contribution in [2.75, 3.05) is 7.11 Å². The Balaban J connectivity index is 2.30. The predicted molar refractivity (Wildman–Crippen MR) is 77.2 cm³/mol. The van der Waals surface area contributed by atoms with Crippen LogP contribution in [0.2, 0.25) is 5.02 Å². The van der Waals surface area contributed by atoms with E-state index in [0.29, 0.717) is 21.9 Å². The summed E-state index contributed by atoms with van der Waals surface area (Å²) in [6, 6.07) is 9.34. The average Bonchev–Trinajstić information content (AvgIpc) is 2.42. The lowest BCUT2D eigenvalue weighted by Gasteiger charge is -2.09. The number of carbonyl (C=O) groups is 1. The Morgan fingerprint density at radius 2 is 2.00 bits per heavy atom. The van der Waals surface area contributed by atoms with E-state index in [2.05, 4.69) is 0 Å². The smallest absolute Gasteiger partial charge is 0.171 e. The molecular weight excluding hydrogens is 279 g/mol. The van der Waals surface area contributed by atoms with E-state index >= 15 is 0 Å². The van der Waals surface area contributed by atoms with Crippen LogP contribution in [0.5, 0.6) is 5.75 Å². The van der Waals surface area contributed by atoms with Crippen molar-refractivity contribution in [2.45, 2.75) is 13.3 Å². The molecule has 0 bridgehead atoms. The second-order valence-electron chi connectivity index (χ2n) is 4.54. The molecule has 0 radical (unpaired) electrons. The molecule has 2 aromatic carbocycles. The van der Waals surface area contributed by atoms with E-state index in [4.69, 9.17) is 16.3 Å². The lowest BCUT2D eigenvalue weighted by molar-refractivity contribution is 0.0990. The molecule has 0 spiro atoms. The summed E-state index contributed by atoms with van der Waals surface area (Å²) in [5.74, 6) is -0.0510. The average molecular weight is 293 g/mol. The van der Waals surface area contributed by atoms with Crippen molar-refractivity contribution in [1.29, 1.82) is 0 Å². The van der Waals surface area contributed by atoms with Crippen molar-refractivity contribution in [3.05, 3.63) is 63.9 Å². The van der Waals surface area contributed by atoms with Crippen molar-refractivity contribution < 1.29 is 13.9 Å². The number of methoxy groups -OCH3 is 1. The Morgan fingerprint density at radius 1 is 1.25 bits per heavy atom. The van der Waals surface area contributed by atoms with Gasteiger partial charge in [-0.2, -0.15) is 0 Å².